The van der Waals surface area contributed by atoms with E-state index in [1.807, 2.05) is 0 Å². The van der Waals surface area contributed by atoms with Crippen molar-refractivity contribution in [1.29, 1.82) is 0 Å². The second-order valence-corrected chi connectivity index (χ2v) is 4.30. The lowest BCUT2D eigenvalue weighted by atomic mass is 10.1. The van der Waals surface area contributed by atoms with Crippen LogP contribution >= 0.6 is 0 Å². The van der Waals surface area contributed by atoms with Gasteiger partial charge in [-0.3, -0.25) is 0 Å². The van der Waals surface area contributed by atoms with Crippen molar-refractivity contribution in [2.75, 3.05) is 13.6 Å². The van der Waals surface area contributed by atoms with E-state index in [2.05, 4.69) is 46.2 Å². The van der Waals surface area contributed by atoms with Gasteiger partial charge in [-0.25, -0.2) is 0 Å². The standard InChI is InChI=1S/C10H21N/c1-9(2)7-8-11(6)10(3,4)5/h1,7-8H2,2-6H3. The summed E-state index contributed by atoms with van der Waals surface area (Å²) < 4.78 is 0. The van der Waals surface area contributed by atoms with Crippen LogP contribution in [0.25, 0.3) is 0 Å². The van der Waals surface area contributed by atoms with Gasteiger partial charge < -0.3 is 4.90 Å². The fraction of sp³-hybridized carbons (Fsp3) is 0.800. The Morgan fingerprint density at radius 1 is 1.36 bits per heavy atom. The molecule has 0 aliphatic carbocycles. The van der Waals surface area contributed by atoms with Crippen molar-refractivity contribution in [3.8, 4) is 0 Å². The first kappa shape index (κ1) is 10.7. The zero-order valence-corrected chi connectivity index (χ0v) is 8.57. The van der Waals surface area contributed by atoms with Crippen molar-refractivity contribution in [2.24, 2.45) is 0 Å². The molecule has 0 N–H and O–H groups in total. The summed E-state index contributed by atoms with van der Waals surface area (Å²) in [6.07, 6.45) is 1.10. The Morgan fingerprint density at radius 3 is 2.09 bits per heavy atom. The van der Waals surface area contributed by atoms with Gasteiger partial charge in [-0.2, -0.15) is 0 Å². The maximum absolute atomic E-state index is 3.88. The van der Waals surface area contributed by atoms with E-state index in [0.717, 1.165) is 13.0 Å². The molecular weight excluding hydrogens is 134 g/mol. The molecule has 0 aromatic carbocycles. The molecule has 0 aliphatic rings. The van der Waals surface area contributed by atoms with E-state index in [-0.39, 0.29) is 5.54 Å². The highest BCUT2D eigenvalue weighted by Crippen LogP contribution is 2.11. The van der Waals surface area contributed by atoms with Gasteiger partial charge in [0.25, 0.3) is 0 Å². The molecule has 0 atom stereocenters. The van der Waals surface area contributed by atoms with Gasteiger partial charge in [-0.05, 0) is 41.2 Å². The second kappa shape index (κ2) is 3.91. The van der Waals surface area contributed by atoms with Crippen LogP contribution < -0.4 is 0 Å². The summed E-state index contributed by atoms with van der Waals surface area (Å²) in [6.45, 7) is 13.8. The average Bonchev–Trinajstić information content (AvgIpc) is 1.80. The molecule has 11 heavy (non-hydrogen) atoms. The van der Waals surface area contributed by atoms with Crippen LogP contribution in [-0.2, 0) is 0 Å². The van der Waals surface area contributed by atoms with Crippen molar-refractivity contribution >= 4 is 0 Å². The molecule has 0 fully saturated rings. The highest BCUT2D eigenvalue weighted by molar-refractivity contribution is 4.89. The predicted molar refractivity (Wildman–Crippen MR) is 51.8 cm³/mol. The fourth-order valence-corrected chi connectivity index (χ4v) is 0.694. The first-order chi connectivity index (χ1) is 4.84. The van der Waals surface area contributed by atoms with E-state index < -0.39 is 0 Å². The van der Waals surface area contributed by atoms with E-state index in [1.54, 1.807) is 0 Å². The SMILES string of the molecule is C=C(C)CCN(C)C(C)(C)C. The third-order valence-electron chi connectivity index (χ3n) is 2.02. The van der Waals surface area contributed by atoms with E-state index in [9.17, 15) is 0 Å². The van der Waals surface area contributed by atoms with Gasteiger partial charge >= 0.3 is 0 Å². The Labute approximate surface area is 71.1 Å². The summed E-state index contributed by atoms with van der Waals surface area (Å²) in [5, 5.41) is 0. The molecule has 0 aromatic heterocycles. The van der Waals surface area contributed by atoms with E-state index >= 15 is 0 Å². The molecule has 0 amide bonds. The molecule has 0 saturated heterocycles. The summed E-state index contributed by atoms with van der Waals surface area (Å²) >= 11 is 0. The lowest BCUT2D eigenvalue weighted by Crippen LogP contribution is -2.38. The fourth-order valence-electron chi connectivity index (χ4n) is 0.694. The number of nitrogens with zero attached hydrogens (tertiary/aromatic N) is 1. The Kier molecular flexibility index (Phi) is 3.81. The quantitative estimate of drug-likeness (QED) is 0.566. The van der Waals surface area contributed by atoms with E-state index in [1.165, 1.54) is 5.57 Å². The Hall–Kier alpha value is -0.300. The second-order valence-electron chi connectivity index (χ2n) is 4.30. The molecule has 1 heteroatoms. The molecule has 0 spiro atoms. The monoisotopic (exact) mass is 155 g/mol. The van der Waals surface area contributed by atoms with Crippen LogP contribution in [-0.4, -0.2) is 24.0 Å². The minimum atomic E-state index is 0.287. The van der Waals surface area contributed by atoms with Crippen LogP contribution in [0.4, 0.5) is 0 Å². The van der Waals surface area contributed by atoms with Crippen LogP contribution in [0.5, 0.6) is 0 Å². The summed E-state index contributed by atoms with van der Waals surface area (Å²) in [4.78, 5) is 2.35. The Balaban J connectivity index is 3.70. The molecule has 66 valence electrons. The van der Waals surface area contributed by atoms with Crippen molar-refractivity contribution in [3.05, 3.63) is 12.2 Å². The maximum Gasteiger partial charge on any atom is 0.0122 e. The van der Waals surface area contributed by atoms with E-state index in [4.69, 9.17) is 0 Å². The molecule has 0 aliphatic heterocycles. The summed E-state index contributed by atoms with van der Waals surface area (Å²) in [5.41, 5.74) is 1.55. The molecule has 0 saturated carbocycles. The van der Waals surface area contributed by atoms with Gasteiger partial charge in [0.05, 0.1) is 0 Å². The van der Waals surface area contributed by atoms with Gasteiger partial charge in [0, 0.05) is 12.1 Å². The molecule has 1 nitrogen and oxygen atoms in total. The predicted octanol–water partition coefficient (Wildman–Crippen LogP) is 2.68. The normalized spacial score (nSPS) is 12.2. The van der Waals surface area contributed by atoms with Gasteiger partial charge in [0.1, 0.15) is 0 Å². The van der Waals surface area contributed by atoms with Crippen LogP contribution in [0, 0.1) is 0 Å². The molecule has 0 bridgehead atoms. The largest absolute Gasteiger partial charge is 0.301 e. The Morgan fingerprint density at radius 2 is 1.82 bits per heavy atom. The van der Waals surface area contributed by atoms with Crippen LogP contribution in [0.2, 0.25) is 0 Å². The van der Waals surface area contributed by atoms with Crippen LogP contribution in [0.3, 0.4) is 0 Å². The van der Waals surface area contributed by atoms with Gasteiger partial charge in [0.2, 0.25) is 0 Å². The molecule has 0 rings (SSSR count). The molecule has 0 radical (unpaired) electrons. The molecule has 0 aromatic rings. The lowest BCUT2D eigenvalue weighted by Gasteiger charge is -2.31. The van der Waals surface area contributed by atoms with Crippen molar-refractivity contribution < 1.29 is 0 Å². The summed E-state index contributed by atoms with van der Waals surface area (Å²) in [5.74, 6) is 0. The van der Waals surface area contributed by atoms with E-state index in [0.29, 0.717) is 0 Å². The van der Waals surface area contributed by atoms with Crippen molar-refractivity contribution in [2.45, 2.75) is 39.7 Å². The highest BCUT2D eigenvalue weighted by atomic mass is 15.1. The maximum atomic E-state index is 3.88. The summed E-state index contributed by atoms with van der Waals surface area (Å²) in [7, 11) is 2.16. The molecule has 0 unspecified atom stereocenters. The zero-order chi connectivity index (χ0) is 9.07. The van der Waals surface area contributed by atoms with Crippen molar-refractivity contribution in [3.63, 3.8) is 0 Å². The van der Waals surface area contributed by atoms with Gasteiger partial charge in [-0.1, -0.05) is 5.57 Å². The van der Waals surface area contributed by atoms with Crippen LogP contribution in [0.1, 0.15) is 34.1 Å². The number of hydrogen-bond acceptors (Lipinski definition) is 1. The van der Waals surface area contributed by atoms with Crippen LogP contribution in [0.15, 0.2) is 12.2 Å². The van der Waals surface area contributed by atoms with Gasteiger partial charge in [-0.15, -0.1) is 6.58 Å². The minimum absolute atomic E-state index is 0.287. The van der Waals surface area contributed by atoms with Crippen molar-refractivity contribution in [1.82, 2.24) is 4.90 Å². The molecular formula is C10H21N. The molecule has 0 heterocycles. The summed E-state index contributed by atoms with van der Waals surface area (Å²) in [6, 6.07) is 0. The Bertz CT molecular complexity index is 130. The average molecular weight is 155 g/mol. The third-order valence-corrected chi connectivity index (χ3v) is 2.02. The topological polar surface area (TPSA) is 3.24 Å². The van der Waals surface area contributed by atoms with Gasteiger partial charge in [0.15, 0.2) is 0 Å². The first-order valence-electron chi connectivity index (χ1n) is 4.19. The third kappa shape index (κ3) is 5.02. The smallest absolute Gasteiger partial charge is 0.0122 e. The minimum Gasteiger partial charge on any atom is -0.301 e. The zero-order valence-electron chi connectivity index (χ0n) is 8.57. The number of hydrogen-bond donors (Lipinski definition) is 0. The first-order valence-corrected chi connectivity index (χ1v) is 4.19. The highest BCUT2D eigenvalue weighted by Gasteiger charge is 2.15. The lowest BCUT2D eigenvalue weighted by molar-refractivity contribution is 0.178. The number of rotatable bonds is 3.